The number of aromatic amines is 1. The van der Waals surface area contributed by atoms with Crippen molar-refractivity contribution in [2.24, 2.45) is 0 Å². The van der Waals surface area contributed by atoms with Crippen LogP contribution in [0.1, 0.15) is 23.7 Å². The lowest BCUT2D eigenvalue weighted by Crippen LogP contribution is -2.32. The highest BCUT2D eigenvalue weighted by Crippen LogP contribution is 2.12. The minimum absolute atomic E-state index is 0.0455. The number of hydrogen-bond donors (Lipinski definition) is 2. The van der Waals surface area contributed by atoms with E-state index < -0.39 is 0 Å². The summed E-state index contributed by atoms with van der Waals surface area (Å²) in [5.41, 5.74) is 2.01. The molecule has 2 N–H and O–H groups in total. The number of nitrogens with zero attached hydrogens (tertiary/aromatic N) is 3. The number of benzene rings is 1. The zero-order valence-corrected chi connectivity index (χ0v) is 10.3. The molecule has 1 aromatic carbocycles. The van der Waals surface area contributed by atoms with E-state index in [-0.39, 0.29) is 12.5 Å². The molecule has 96 valence electrons. The van der Waals surface area contributed by atoms with Gasteiger partial charge in [-0.15, -0.1) is 0 Å². The second kappa shape index (κ2) is 5.59. The smallest absolute Gasteiger partial charge is 0.253 e. The van der Waals surface area contributed by atoms with E-state index in [1.807, 2.05) is 6.92 Å². The van der Waals surface area contributed by atoms with Crippen LogP contribution in [0.3, 0.4) is 0 Å². The third-order valence-electron chi connectivity index (χ3n) is 2.82. The second-order valence-corrected chi connectivity index (χ2v) is 3.99. The molecule has 6 heteroatoms. The zero-order chi connectivity index (χ0) is 13.0. The van der Waals surface area contributed by atoms with Crippen LogP contribution in [0, 0.1) is 0 Å². The van der Waals surface area contributed by atoms with Crippen LogP contribution < -0.4 is 0 Å². The maximum absolute atomic E-state index is 12.2. The molecule has 0 spiro atoms. The minimum Gasteiger partial charge on any atom is -0.396 e. The first-order valence-corrected chi connectivity index (χ1v) is 5.97. The lowest BCUT2D eigenvalue weighted by atomic mass is 10.1. The van der Waals surface area contributed by atoms with Gasteiger partial charge in [-0.05, 0) is 31.5 Å². The number of amides is 1. The topological polar surface area (TPSA) is 82.1 Å². The van der Waals surface area contributed by atoms with Crippen LogP contribution >= 0.6 is 0 Å². The maximum atomic E-state index is 12.2. The van der Waals surface area contributed by atoms with E-state index in [9.17, 15) is 4.79 Å². The van der Waals surface area contributed by atoms with E-state index in [1.54, 1.807) is 23.1 Å². The van der Waals surface area contributed by atoms with Gasteiger partial charge >= 0.3 is 0 Å². The molecule has 0 bridgehead atoms. The van der Waals surface area contributed by atoms with Gasteiger partial charge in [0.15, 0.2) is 0 Å². The van der Waals surface area contributed by atoms with Crippen molar-refractivity contribution in [3.63, 3.8) is 0 Å². The van der Waals surface area contributed by atoms with Crippen molar-refractivity contribution in [2.45, 2.75) is 13.3 Å². The van der Waals surface area contributed by atoms with Gasteiger partial charge in [-0.2, -0.15) is 15.4 Å². The van der Waals surface area contributed by atoms with Gasteiger partial charge in [-0.1, -0.05) is 0 Å². The van der Waals surface area contributed by atoms with Crippen molar-refractivity contribution in [3.05, 3.63) is 23.8 Å². The highest BCUT2D eigenvalue weighted by molar-refractivity contribution is 5.97. The molecular weight excluding hydrogens is 232 g/mol. The number of aliphatic hydroxyl groups excluding tert-OH is 1. The Bertz CT molecular complexity index is 538. The van der Waals surface area contributed by atoms with Gasteiger partial charge in [-0.3, -0.25) is 4.79 Å². The number of rotatable bonds is 5. The Labute approximate surface area is 105 Å². The van der Waals surface area contributed by atoms with Crippen molar-refractivity contribution in [2.75, 3.05) is 19.7 Å². The molecule has 0 fully saturated rings. The first-order chi connectivity index (χ1) is 8.76. The van der Waals surface area contributed by atoms with Gasteiger partial charge in [0.05, 0.1) is 0 Å². The summed E-state index contributed by atoms with van der Waals surface area (Å²) in [6.45, 7) is 3.19. The summed E-state index contributed by atoms with van der Waals surface area (Å²) >= 11 is 0. The first kappa shape index (κ1) is 12.5. The summed E-state index contributed by atoms with van der Waals surface area (Å²) in [7, 11) is 0. The molecule has 1 amide bonds. The van der Waals surface area contributed by atoms with Gasteiger partial charge < -0.3 is 10.0 Å². The van der Waals surface area contributed by atoms with Crippen molar-refractivity contribution in [3.8, 4) is 0 Å². The molecule has 0 radical (unpaired) electrons. The Balaban J connectivity index is 2.20. The highest BCUT2D eigenvalue weighted by atomic mass is 16.3. The quantitative estimate of drug-likeness (QED) is 0.820. The number of carbonyl (C=O) groups excluding carboxylic acids is 1. The number of nitrogens with one attached hydrogen (secondary N) is 1. The standard InChI is InChI=1S/C12H16N4O2/c1-2-16(6-3-7-17)12(18)9-4-5-10-11(8-9)14-15-13-10/h4-5,8,17H,2-3,6-7H2,1H3,(H,13,14,15). The minimum atomic E-state index is -0.0455. The van der Waals surface area contributed by atoms with Crippen molar-refractivity contribution in [1.82, 2.24) is 20.3 Å². The van der Waals surface area contributed by atoms with Crippen LogP contribution in [-0.4, -0.2) is 51.0 Å². The molecule has 6 nitrogen and oxygen atoms in total. The zero-order valence-electron chi connectivity index (χ0n) is 10.3. The van der Waals surface area contributed by atoms with E-state index in [1.165, 1.54) is 0 Å². The predicted molar refractivity (Wildman–Crippen MR) is 67.2 cm³/mol. The fraction of sp³-hybridized carbons (Fsp3) is 0.417. The second-order valence-electron chi connectivity index (χ2n) is 3.99. The summed E-state index contributed by atoms with van der Waals surface area (Å²) in [4.78, 5) is 13.9. The third kappa shape index (κ3) is 2.48. The molecule has 0 saturated heterocycles. The first-order valence-electron chi connectivity index (χ1n) is 5.97. The van der Waals surface area contributed by atoms with Gasteiger partial charge in [0.25, 0.3) is 5.91 Å². The Morgan fingerprint density at radius 1 is 1.39 bits per heavy atom. The number of hydrogen-bond acceptors (Lipinski definition) is 4. The van der Waals surface area contributed by atoms with Crippen LogP contribution in [0.25, 0.3) is 11.0 Å². The monoisotopic (exact) mass is 248 g/mol. The molecule has 2 rings (SSSR count). The van der Waals surface area contributed by atoms with Gasteiger partial charge in [0, 0.05) is 25.3 Å². The summed E-state index contributed by atoms with van der Waals surface area (Å²) in [6, 6.07) is 5.24. The summed E-state index contributed by atoms with van der Waals surface area (Å²) in [5.74, 6) is -0.0455. The van der Waals surface area contributed by atoms with E-state index in [0.717, 1.165) is 5.52 Å². The van der Waals surface area contributed by atoms with Crippen LogP contribution in [0.4, 0.5) is 0 Å². The molecule has 0 aliphatic rings. The number of carbonyl (C=O) groups is 1. The van der Waals surface area contributed by atoms with Crippen LogP contribution in [0.15, 0.2) is 18.2 Å². The number of H-pyrrole nitrogens is 1. The van der Waals surface area contributed by atoms with Gasteiger partial charge in [0.1, 0.15) is 11.0 Å². The average Bonchev–Trinajstić information content (AvgIpc) is 2.86. The normalized spacial score (nSPS) is 10.8. The fourth-order valence-electron chi connectivity index (χ4n) is 1.82. The number of aliphatic hydroxyl groups is 1. The van der Waals surface area contributed by atoms with E-state index in [2.05, 4.69) is 15.4 Å². The molecule has 1 heterocycles. The Hall–Kier alpha value is -1.95. The van der Waals surface area contributed by atoms with Gasteiger partial charge in [-0.25, -0.2) is 0 Å². The van der Waals surface area contributed by atoms with Crippen LogP contribution in [0.5, 0.6) is 0 Å². The van der Waals surface area contributed by atoms with E-state index >= 15 is 0 Å². The Kier molecular flexibility index (Phi) is 3.88. The molecule has 0 atom stereocenters. The molecule has 18 heavy (non-hydrogen) atoms. The van der Waals surface area contributed by atoms with Crippen molar-refractivity contribution in [1.29, 1.82) is 0 Å². The van der Waals surface area contributed by atoms with E-state index in [0.29, 0.717) is 30.6 Å². The van der Waals surface area contributed by atoms with E-state index in [4.69, 9.17) is 5.11 Å². The van der Waals surface area contributed by atoms with Crippen LogP contribution in [0.2, 0.25) is 0 Å². The molecular formula is C12H16N4O2. The van der Waals surface area contributed by atoms with Gasteiger partial charge in [0.2, 0.25) is 0 Å². The molecule has 0 unspecified atom stereocenters. The lowest BCUT2D eigenvalue weighted by Gasteiger charge is -2.20. The summed E-state index contributed by atoms with van der Waals surface area (Å²) in [5, 5.41) is 19.2. The largest absolute Gasteiger partial charge is 0.396 e. The summed E-state index contributed by atoms with van der Waals surface area (Å²) in [6.07, 6.45) is 0.589. The molecule has 0 aliphatic heterocycles. The fourth-order valence-corrected chi connectivity index (χ4v) is 1.82. The number of aromatic nitrogens is 3. The Morgan fingerprint density at radius 2 is 2.17 bits per heavy atom. The molecule has 0 saturated carbocycles. The Morgan fingerprint density at radius 3 is 2.89 bits per heavy atom. The van der Waals surface area contributed by atoms with Crippen molar-refractivity contribution < 1.29 is 9.90 Å². The lowest BCUT2D eigenvalue weighted by molar-refractivity contribution is 0.0754. The molecule has 0 aliphatic carbocycles. The average molecular weight is 248 g/mol. The molecule has 1 aromatic heterocycles. The predicted octanol–water partition coefficient (Wildman–Crippen LogP) is 0.802. The maximum Gasteiger partial charge on any atom is 0.253 e. The van der Waals surface area contributed by atoms with Crippen LogP contribution in [-0.2, 0) is 0 Å². The highest BCUT2D eigenvalue weighted by Gasteiger charge is 2.14. The number of fused-ring (bicyclic) bond motifs is 1. The summed E-state index contributed by atoms with van der Waals surface area (Å²) < 4.78 is 0. The molecule has 2 aromatic rings. The SMILES string of the molecule is CCN(CCCO)C(=O)c1ccc2n[nH]nc2c1. The van der Waals surface area contributed by atoms with Crippen molar-refractivity contribution >= 4 is 16.9 Å². The third-order valence-corrected chi connectivity index (χ3v) is 2.82.